The Morgan fingerprint density at radius 1 is 1.21 bits per heavy atom. The van der Waals surface area contributed by atoms with Crippen LogP contribution in [0.4, 0.5) is 5.69 Å². The Hall–Kier alpha value is -1.34. The molecule has 3 nitrogen and oxygen atoms in total. The van der Waals surface area contributed by atoms with Gasteiger partial charge in [0.2, 0.25) is 5.91 Å². The van der Waals surface area contributed by atoms with E-state index in [1.807, 2.05) is 41.1 Å². The maximum absolute atomic E-state index is 12.5. The molecule has 1 N–H and O–H groups in total. The summed E-state index contributed by atoms with van der Waals surface area (Å²) in [5.41, 5.74) is 3.12. The number of aromatic nitrogens is 1. The average Bonchev–Trinajstić information content (AvgIpc) is 2.90. The standard InChI is InChI=1S/C19H18BrIN2O/c1-12(2)16-10-15(21)4-5-17(16)22-19(24)11-23-8-7-13-9-14(20)3-6-18(13)23/h3-10,12H,11H2,1-2H3,(H,22,24). The molecule has 3 aromatic rings. The second-order valence-corrected chi connectivity index (χ2v) is 8.24. The highest BCUT2D eigenvalue weighted by Crippen LogP contribution is 2.26. The number of amides is 1. The molecule has 0 fully saturated rings. The van der Waals surface area contributed by atoms with Gasteiger partial charge in [-0.15, -0.1) is 0 Å². The van der Waals surface area contributed by atoms with Gasteiger partial charge in [0.15, 0.2) is 0 Å². The van der Waals surface area contributed by atoms with Crippen molar-refractivity contribution < 1.29 is 4.79 Å². The van der Waals surface area contributed by atoms with Crippen LogP contribution >= 0.6 is 38.5 Å². The Morgan fingerprint density at radius 2 is 2.00 bits per heavy atom. The Morgan fingerprint density at radius 3 is 2.75 bits per heavy atom. The fourth-order valence-corrected chi connectivity index (χ4v) is 3.67. The van der Waals surface area contributed by atoms with Crippen molar-refractivity contribution in [2.24, 2.45) is 0 Å². The van der Waals surface area contributed by atoms with Gasteiger partial charge in [-0.3, -0.25) is 4.79 Å². The van der Waals surface area contributed by atoms with Crippen molar-refractivity contribution in [2.75, 3.05) is 5.32 Å². The van der Waals surface area contributed by atoms with Crippen LogP contribution in [-0.4, -0.2) is 10.5 Å². The minimum Gasteiger partial charge on any atom is -0.338 e. The Bertz CT molecular complexity index is 902. The van der Waals surface area contributed by atoms with Gasteiger partial charge in [0.25, 0.3) is 0 Å². The molecule has 0 unspecified atom stereocenters. The minimum absolute atomic E-state index is 0.0153. The van der Waals surface area contributed by atoms with E-state index in [1.165, 1.54) is 3.57 Å². The highest BCUT2D eigenvalue weighted by atomic mass is 127. The number of carbonyl (C=O) groups excluding carboxylic acids is 1. The lowest BCUT2D eigenvalue weighted by atomic mass is 10.0. The Labute approximate surface area is 163 Å². The summed E-state index contributed by atoms with van der Waals surface area (Å²) in [7, 11) is 0. The predicted octanol–water partition coefficient (Wildman–Crippen LogP) is 5.77. The van der Waals surface area contributed by atoms with E-state index < -0.39 is 0 Å². The lowest BCUT2D eigenvalue weighted by Crippen LogP contribution is -2.19. The molecule has 2 aromatic carbocycles. The van der Waals surface area contributed by atoms with Crippen LogP contribution in [0, 0.1) is 3.57 Å². The van der Waals surface area contributed by atoms with Crippen LogP contribution in [-0.2, 0) is 11.3 Å². The SMILES string of the molecule is CC(C)c1cc(I)ccc1NC(=O)Cn1ccc2cc(Br)ccc21. The number of fused-ring (bicyclic) bond motifs is 1. The zero-order valence-electron chi connectivity index (χ0n) is 13.5. The Balaban J connectivity index is 1.81. The second kappa shape index (κ2) is 7.27. The van der Waals surface area contributed by atoms with Crippen molar-refractivity contribution >= 4 is 61.0 Å². The van der Waals surface area contributed by atoms with Crippen LogP contribution in [0.5, 0.6) is 0 Å². The third-order valence-corrected chi connectivity index (χ3v) is 5.12. The highest BCUT2D eigenvalue weighted by Gasteiger charge is 2.12. The van der Waals surface area contributed by atoms with Crippen LogP contribution in [0.25, 0.3) is 10.9 Å². The molecule has 124 valence electrons. The first-order chi connectivity index (χ1) is 11.4. The quantitative estimate of drug-likeness (QED) is 0.457. The third-order valence-electron chi connectivity index (χ3n) is 3.96. The van der Waals surface area contributed by atoms with E-state index in [0.717, 1.165) is 26.6 Å². The third kappa shape index (κ3) is 3.83. The van der Waals surface area contributed by atoms with Gasteiger partial charge in [0.1, 0.15) is 6.54 Å². The molecule has 0 aliphatic heterocycles. The normalized spacial score (nSPS) is 11.2. The van der Waals surface area contributed by atoms with Crippen molar-refractivity contribution in [3.8, 4) is 0 Å². The van der Waals surface area contributed by atoms with E-state index in [0.29, 0.717) is 12.5 Å². The number of benzene rings is 2. The molecule has 0 aliphatic carbocycles. The van der Waals surface area contributed by atoms with E-state index in [4.69, 9.17) is 0 Å². The molecule has 1 aromatic heterocycles. The van der Waals surface area contributed by atoms with Crippen LogP contribution < -0.4 is 5.32 Å². The molecule has 24 heavy (non-hydrogen) atoms. The zero-order chi connectivity index (χ0) is 17.3. The van der Waals surface area contributed by atoms with E-state index in [-0.39, 0.29) is 5.91 Å². The smallest absolute Gasteiger partial charge is 0.244 e. The molecule has 3 rings (SSSR count). The van der Waals surface area contributed by atoms with Gasteiger partial charge in [-0.1, -0.05) is 29.8 Å². The summed E-state index contributed by atoms with van der Waals surface area (Å²) in [6.45, 7) is 4.57. The van der Waals surface area contributed by atoms with Crippen molar-refractivity contribution in [1.29, 1.82) is 0 Å². The molecule has 1 amide bonds. The molecule has 0 saturated heterocycles. The van der Waals surface area contributed by atoms with Gasteiger partial charge in [0.05, 0.1) is 0 Å². The largest absolute Gasteiger partial charge is 0.338 e. The summed E-state index contributed by atoms with van der Waals surface area (Å²) in [4.78, 5) is 12.5. The highest BCUT2D eigenvalue weighted by molar-refractivity contribution is 14.1. The van der Waals surface area contributed by atoms with Crippen LogP contribution in [0.1, 0.15) is 25.3 Å². The first-order valence-corrected chi connectivity index (χ1v) is 9.65. The molecular weight excluding hydrogens is 479 g/mol. The van der Waals surface area contributed by atoms with E-state index >= 15 is 0 Å². The number of nitrogens with one attached hydrogen (secondary N) is 1. The van der Waals surface area contributed by atoms with Crippen molar-refractivity contribution in [3.63, 3.8) is 0 Å². The summed E-state index contributed by atoms with van der Waals surface area (Å²) < 4.78 is 4.19. The fraction of sp³-hybridized carbons (Fsp3) is 0.211. The summed E-state index contributed by atoms with van der Waals surface area (Å²) in [5, 5.41) is 4.18. The van der Waals surface area contributed by atoms with Gasteiger partial charge < -0.3 is 9.88 Å². The first kappa shape index (κ1) is 17.5. The van der Waals surface area contributed by atoms with Gasteiger partial charge in [0, 0.05) is 30.8 Å². The van der Waals surface area contributed by atoms with Gasteiger partial charge in [-0.2, -0.15) is 0 Å². The number of halogens is 2. The van der Waals surface area contributed by atoms with Crippen LogP contribution in [0.15, 0.2) is 53.1 Å². The molecule has 0 saturated carbocycles. The van der Waals surface area contributed by atoms with E-state index in [9.17, 15) is 4.79 Å². The number of hydrogen-bond donors (Lipinski definition) is 1. The predicted molar refractivity (Wildman–Crippen MR) is 112 cm³/mol. The number of hydrogen-bond acceptors (Lipinski definition) is 1. The van der Waals surface area contributed by atoms with Crippen molar-refractivity contribution in [2.45, 2.75) is 26.3 Å². The first-order valence-electron chi connectivity index (χ1n) is 7.78. The zero-order valence-corrected chi connectivity index (χ0v) is 17.3. The lowest BCUT2D eigenvalue weighted by Gasteiger charge is -2.15. The van der Waals surface area contributed by atoms with Crippen LogP contribution in [0.2, 0.25) is 0 Å². The molecule has 0 aliphatic rings. The maximum Gasteiger partial charge on any atom is 0.244 e. The maximum atomic E-state index is 12.5. The molecule has 0 atom stereocenters. The summed E-state index contributed by atoms with van der Waals surface area (Å²) >= 11 is 5.77. The average molecular weight is 497 g/mol. The topological polar surface area (TPSA) is 34.0 Å². The summed E-state index contributed by atoms with van der Waals surface area (Å²) in [5.74, 6) is 0.346. The second-order valence-electron chi connectivity index (χ2n) is 6.08. The van der Waals surface area contributed by atoms with Crippen molar-refractivity contribution in [3.05, 3.63) is 62.3 Å². The number of rotatable bonds is 4. The molecule has 0 bridgehead atoms. The molecular formula is C19H18BrIN2O. The molecule has 5 heteroatoms. The molecule has 1 heterocycles. The van der Waals surface area contributed by atoms with Gasteiger partial charge in [-0.05, 0) is 76.5 Å². The van der Waals surface area contributed by atoms with Gasteiger partial charge >= 0.3 is 0 Å². The Kier molecular flexibility index (Phi) is 5.30. The summed E-state index contributed by atoms with van der Waals surface area (Å²) in [6.07, 6.45) is 1.95. The summed E-state index contributed by atoms with van der Waals surface area (Å²) in [6, 6.07) is 14.2. The fourth-order valence-electron chi connectivity index (χ4n) is 2.78. The number of anilines is 1. The molecule has 0 spiro atoms. The van der Waals surface area contributed by atoms with E-state index in [1.54, 1.807) is 0 Å². The van der Waals surface area contributed by atoms with Crippen molar-refractivity contribution in [1.82, 2.24) is 4.57 Å². The van der Waals surface area contributed by atoms with Crippen LogP contribution in [0.3, 0.4) is 0 Å². The number of carbonyl (C=O) groups is 1. The monoisotopic (exact) mass is 496 g/mol. The lowest BCUT2D eigenvalue weighted by molar-refractivity contribution is -0.116. The minimum atomic E-state index is -0.0153. The molecule has 0 radical (unpaired) electrons. The number of nitrogens with zero attached hydrogens (tertiary/aromatic N) is 1. The van der Waals surface area contributed by atoms with Gasteiger partial charge in [-0.25, -0.2) is 0 Å². The van der Waals surface area contributed by atoms with E-state index in [2.05, 4.69) is 69.8 Å².